The molecule has 0 unspecified atom stereocenters. The Morgan fingerprint density at radius 3 is 2.72 bits per heavy atom. The van der Waals surface area contributed by atoms with Crippen LogP contribution in [0.4, 0.5) is 0 Å². The van der Waals surface area contributed by atoms with Crippen LogP contribution in [-0.2, 0) is 27.3 Å². The minimum Gasteiger partial charge on any atom is -0.469 e. The molecule has 1 aromatic rings. The lowest BCUT2D eigenvalue weighted by Gasteiger charge is -2.09. The van der Waals surface area contributed by atoms with Gasteiger partial charge in [-0.2, -0.15) is 0 Å². The smallest absolute Gasteiger partial charge is 0.309 e. The van der Waals surface area contributed by atoms with Crippen LogP contribution in [0.2, 0.25) is 0 Å². The molecular formula is C15H20O3. The summed E-state index contributed by atoms with van der Waals surface area (Å²) in [5.41, 5.74) is 2.01. The van der Waals surface area contributed by atoms with Gasteiger partial charge in [0.25, 0.3) is 0 Å². The molecule has 98 valence electrons. The van der Waals surface area contributed by atoms with Gasteiger partial charge in [0.05, 0.1) is 20.1 Å². The Morgan fingerprint density at radius 2 is 2.06 bits per heavy atom. The van der Waals surface area contributed by atoms with Crippen molar-refractivity contribution in [2.24, 2.45) is 0 Å². The molecule has 0 aliphatic carbocycles. The van der Waals surface area contributed by atoms with Crippen LogP contribution in [0.5, 0.6) is 0 Å². The van der Waals surface area contributed by atoms with Gasteiger partial charge < -0.3 is 9.47 Å². The van der Waals surface area contributed by atoms with Gasteiger partial charge in [0, 0.05) is 6.61 Å². The van der Waals surface area contributed by atoms with Crippen molar-refractivity contribution in [1.82, 2.24) is 0 Å². The van der Waals surface area contributed by atoms with Gasteiger partial charge in [-0.05, 0) is 24.0 Å². The minimum absolute atomic E-state index is 0.228. The number of unbranched alkanes of at least 4 members (excludes halogenated alkanes) is 1. The molecule has 0 spiro atoms. The van der Waals surface area contributed by atoms with E-state index in [4.69, 9.17) is 4.74 Å². The second-order valence-corrected chi connectivity index (χ2v) is 4.01. The van der Waals surface area contributed by atoms with E-state index in [2.05, 4.69) is 11.3 Å². The monoisotopic (exact) mass is 248 g/mol. The molecule has 0 atom stereocenters. The molecule has 3 nitrogen and oxygen atoms in total. The molecular weight excluding hydrogens is 228 g/mol. The van der Waals surface area contributed by atoms with Crippen LogP contribution in [0, 0.1) is 0 Å². The van der Waals surface area contributed by atoms with Crippen LogP contribution >= 0.6 is 0 Å². The molecule has 0 amide bonds. The van der Waals surface area contributed by atoms with Crippen LogP contribution in [-0.4, -0.2) is 19.7 Å². The lowest BCUT2D eigenvalue weighted by Crippen LogP contribution is -2.07. The third kappa shape index (κ3) is 5.15. The van der Waals surface area contributed by atoms with Crippen LogP contribution in [0.1, 0.15) is 24.0 Å². The maximum atomic E-state index is 11.3. The van der Waals surface area contributed by atoms with E-state index in [-0.39, 0.29) is 5.97 Å². The third-order valence-corrected chi connectivity index (χ3v) is 2.64. The first-order chi connectivity index (χ1) is 8.77. The van der Waals surface area contributed by atoms with E-state index in [1.54, 1.807) is 0 Å². The van der Waals surface area contributed by atoms with Crippen molar-refractivity contribution < 1.29 is 14.3 Å². The molecule has 0 aromatic heterocycles. The van der Waals surface area contributed by atoms with Gasteiger partial charge in [0.2, 0.25) is 0 Å². The number of carbonyl (C=O) groups is 1. The summed E-state index contributed by atoms with van der Waals surface area (Å²) in [6, 6.07) is 7.77. The summed E-state index contributed by atoms with van der Waals surface area (Å²) in [5.74, 6) is -0.228. The number of carbonyl (C=O) groups excluding carboxylic acids is 1. The highest BCUT2D eigenvalue weighted by Crippen LogP contribution is 2.11. The zero-order chi connectivity index (χ0) is 13.2. The van der Waals surface area contributed by atoms with Crippen molar-refractivity contribution >= 4 is 5.97 Å². The molecule has 1 aromatic carbocycles. The number of esters is 1. The van der Waals surface area contributed by atoms with Gasteiger partial charge in [0.15, 0.2) is 0 Å². The quantitative estimate of drug-likeness (QED) is 0.403. The van der Waals surface area contributed by atoms with E-state index in [0.29, 0.717) is 19.6 Å². The summed E-state index contributed by atoms with van der Waals surface area (Å²) in [6.07, 6.45) is 4.11. The summed E-state index contributed by atoms with van der Waals surface area (Å²) in [4.78, 5) is 11.3. The Morgan fingerprint density at radius 1 is 1.33 bits per heavy atom. The Kier molecular flexibility index (Phi) is 6.81. The average Bonchev–Trinajstić information content (AvgIpc) is 2.40. The predicted molar refractivity (Wildman–Crippen MR) is 71.2 cm³/mol. The van der Waals surface area contributed by atoms with Crippen LogP contribution in [0.15, 0.2) is 36.9 Å². The molecule has 0 radical (unpaired) electrons. The first-order valence-electron chi connectivity index (χ1n) is 6.10. The number of methoxy groups -OCH3 is 1. The zero-order valence-electron chi connectivity index (χ0n) is 10.9. The summed E-state index contributed by atoms with van der Waals surface area (Å²) in [7, 11) is 1.40. The zero-order valence-corrected chi connectivity index (χ0v) is 10.9. The minimum atomic E-state index is -0.228. The van der Waals surface area contributed by atoms with E-state index >= 15 is 0 Å². The SMILES string of the molecule is C=CCCCOCc1ccccc1CC(=O)OC. The molecule has 3 heteroatoms. The molecule has 0 heterocycles. The molecule has 0 fully saturated rings. The first-order valence-corrected chi connectivity index (χ1v) is 6.10. The maximum absolute atomic E-state index is 11.3. The Bertz CT molecular complexity index is 385. The van der Waals surface area contributed by atoms with Crippen molar-refractivity contribution in [3.63, 3.8) is 0 Å². The van der Waals surface area contributed by atoms with Crippen LogP contribution in [0.3, 0.4) is 0 Å². The Hall–Kier alpha value is -1.61. The molecule has 0 N–H and O–H groups in total. The number of rotatable bonds is 8. The molecule has 0 bridgehead atoms. The summed E-state index contributed by atoms with van der Waals surface area (Å²) < 4.78 is 10.3. The lowest BCUT2D eigenvalue weighted by atomic mass is 10.1. The average molecular weight is 248 g/mol. The largest absolute Gasteiger partial charge is 0.469 e. The van der Waals surface area contributed by atoms with Crippen LogP contribution in [0.25, 0.3) is 0 Å². The fourth-order valence-electron chi connectivity index (χ4n) is 1.61. The highest BCUT2D eigenvalue weighted by atomic mass is 16.5. The van der Waals surface area contributed by atoms with Gasteiger partial charge in [-0.1, -0.05) is 30.3 Å². The predicted octanol–water partition coefficient (Wildman–Crippen LogP) is 2.88. The Balaban J connectivity index is 2.48. The fourth-order valence-corrected chi connectivity index (χ4v) is 1.61. The van der Waals surface area contributed by atoms with E-state index in [0.717, 1.165) is 24.0 Å². The number of hydrogen-bond acceptors (Lipinski definition) is 3. The Labute approximate surface area is 108 Å². The maximum Gasteiger partial charge on any atom is 0.309 e. The van der Waals surface area contributed by atoms with Crippen molar-refractivity contribution in [1.29, 1.82) is 0 Å². The van der Waals surface area contributed by atoms with Crippen molar-refractivity contribution in [3.05, 3.63) is 48.0 Å². The highest BCUT2D eigenvalue weighted by Gasteiger charge is 2.07. The van der Waals surface area contributed by atoms with Crippen molar-refractivity contribution in [2.75, 3.05) is 13.7 Å². The van der Waals surface area contributed by atoms with Gasteiger partial charge in [-0.3, -0.25) is 4.79 Å². The lowest BCUT2D eigenvalue weighted by molar-refractivity contribution is -0.139. The molecule has 0 aliphatic heterocycles. The fraction of sp³-hybridized carbons (Fsp3) is 0.400. The third-order valence-electron chi connectivity index (χ3n) is 2.64. The standard InChI is InChI=1S/C15H20O3/c1-3-4-7-10-18-12-14-9-6-5-8-13(14)11-15(16)17-2/h3,5-6,8-9H,1,4,7,10-12H2,2H3. The molecule has 18 heavy (non-hydrogen) atoms. The van der Waals surface area contributed by atoms with Gasteiger partial charge in [-0.25, -0.2) is 0 Å². The second kappa shape index (κ2) is 8.48. The van der Waals surface area contributed by atoms with E-state index in [1.165, 1.54) is 7.11 Å². The normalized spacial score (nSPS) is 10.1. The summed E-state index contributed by atoms with van der Waals surface area (Å²) in [5, 5.41) is 0. The molecule has 0 saturated heterocycles. The highest BCUT2D eigenvalue weighted by molar-refractivity contribution is 5.72. The molecule has 0 saturated carbocycles. The van der Waals surface area contributed by atoms with E-state index in [9.17, 15) is 4.79 Å². The van der Waals surface area contributed by atoms with E-state index < -0.39 is 0 Å². The van der Waals surface area contributed by atoms with Gasteiger partial charge in [-0.15, -0.1) is 6.58 Å². The number of hydrogen-bond donors (Lipinski definition) is 0. The first kappa shape index (κ1) is 14.5. The summed E-state index contributed by atoms with van der Waals surface area (Å²) >= 11 is 0. The van der Waals surface area contributed by atoms with Crippen molar-refractivity contribution in [2.45, 2.75) is 25.9 Å². The topological polar surface area (TPSA) is 35.5 Å². The summed E-state index contributed by atoms with van der Waals surface area (Å²) in [6.45, 7) is 4.90. The van der Waals surface area contributed by atoms with Crippen LogP contribution < -0.4 is 0 Å². The molecule has 1 rings (SSSR count). The van der Waals surface area contributed by atoms with Crippen molar-refractivity contribution in [3.8, 4) is 0 Å². The van der Waals surface area contributed by atoms with Gasteiger partial charge >= 0.3 is 5.97 Å². The molecule has 0 aliphatic rings. The second-order valence-electron chi connectivity index (χ2n) is 4.01. The number of allylic oxidation sites excluding steroid dienone is 1. The van der Waals surface area contributed by atoms with Gasteiger partial charge in [0.1, 0.15) is 0 Å². The number of ether oxygens (including phenoxy) is 2. The number of benzene rings is 1. The van der Waals surface area contributed by atoms with E-state index in [1.807, 2.05) is 30.3 Å².